The summed E-state index contributed by atoms with van der Waals surface area (Å²) in [5, 5.41) is 12.4. The number of ether oxygens (including phenoxy) is 1. The van der Waals surface area contributed by atoms with Crippen LogP contribution in [0.25, 0.3) is 0 Å². The molecule has 0 aliphatic carbocycles. The van der Waals surface area contributed by atoms with E-state index in [1.807, 2.05) is 38.1 Å². The molecule has 1 atom stereocenters. The van der Waals surface area contributed by atoms with Gasteiger partial charge in [0.1, 0.15) is 23.9 Å². The number of aliphatic hydroxyl groups excluding tert-OH is 1. The highest BCUT2D eigenvalue weighted by Crippen LogP contribution is 2.26. The first-order chi connectivity index (χ1) is 10.1. The lowest BCUT2D eigenvalue weighted by Crippen LogP contribution is -2.19. The average molecular weight is 289 g/mol. The van der Waals surface area contributed by atoms with Gasteiger partial charge in [-0.05, 0) is 39.0 Å². The average Bonchev–Trinajstić information content (AvgIpc) is 2.93. The van der Waals surface area contributed by atoms with Gasteiger partial charge >= 0.3 is 0 Å². The first kappa shape index (κ1) is 15.6. The quantitative estimate of drug-likeness (QED) is 0.820. The van der Waals surface area contributed by atoms with Crippen LogP contribution in [0.2, 0.25) is 0 Å². The summed E-state index contributed by atoms with van der Waals surface area (Å²) in [6.07, 6.45) is 0.149. The molecule has 2 rings (SSSR count). The monoisotopic (exact) mass is 289 g/mol. The van der Waals surface area contributed by atoms with E-state index in [0.29, 0.717) is 12.3 Å². The summed E-state index contributed by atoms with van der Waals surface area (Å²) < 4.78 is 11.3. The van der Waals surface area contributed by atoms with Crippen LogP contribution in [0.1, 0.15) is 43.9 Å². The lowest BCUT2D eigenvalue weighted by atomic mass is 10.1. The predicted octanol–water partition coefficient (Wildman–Crippen LogP) is 3.41. The van der Waals surface area contributed by atoms with Crippen LogP contribution in [0.4, 0.5) is 0 Å². The fourth-order valence-electron chi connectivity index (χ4n) is 2.17. The number of hydrogen-bond donors (Lipinski definition) is 2. The number of hydrogen-bond acceptors (Lipinski definition) is 4. The Kier molecular flexibility index (Phi) is 5.42. The maximum absolute atomic E-state index is 9.00. The first-order valence-electron chi connectivity index (χ1n) is 7.27. The molecule has 4 nitrogen and oxygen atoms in total. The topological polar surface area (TPSA) is 54.6 Å². The van der Waals surface area contributed by atoms with Crippen LogP contribution < -0.4 is 10.1 Å². The Bertz CT molecular complexity index is 563. The minimum Gasteiger partial charge on any atom is -0.491 e. The second-order valence-corrected chi connectivity index (χ2v) is 5.33. The molecule has 2 N–H and O–H groups in total. The molecule has 0 spiro atoms. The third kappa shape index (κ3) is 4.34. The van der Waals surface area contributed by atoms with E-state index in [-0.39, 0.29) is 18.8 Å². The van der Waals surface area contributed by atoms with Crippen LogP contribution in [0.15, 0.2) is 40.8 Å². The molecule has 0 aliphatic rings. The van der Waals surface area contributed by atoms with Crippen molar-refractivity contribution >= 4 is 0 Å². The van der Waals surface area contributed by atoms with Gasteiger partial charge in [-0.25, -0.2) is 0 Å². The minimum atomic E-state index is -0.0688. The van der Waals surface area contributed by atoms with E-state index in [9.17, 15) is 0 Å². The largest absolute Gasteiger partial charge is 0.491 e. The predicted molar refractivity (Wildman–Crippen MR) is 82.1 cm³/mol. The number of aliphatic hydroxyl groups is 1. The van der Waals surface area contributed by atoms with Gasteiger partial charge in [0.05, 0.1) is 12.6 Å². The normalized spacial score (nSPS) is 12.6. The summed E-state index contributed by atoms with van der Waals surface area (Å²) in [7, 11) is 0. The van der Waals surface area contributed by atoms with Crippen LogP contribution in [0.3, 0.4) is 0 Å². The molecule has 0 fully saturated rings. The van der Waals surface area contributed by atoms with Gasteiger partial charge in [-0.1, -0.05) is 18.2 Å². The maximum Gasteiger partial charge on any atom is 0.129 e. The van der Waals surface area contributed by atoms with E-state index in [4.69, 9.17) is 14.3 Å². The lowest BCUT2D eigenvalue weighted by molar-refractivity contribution is 0.237. The first-order valence-corrected chi connectivity index (χ1v) is 7.27. The van der Waals surface area contributed by atoms with Gasteiger partial charge in [0.15, 0.2) is 0 Å². The number of para-hydroxylation sites is 1. The zero-order valence-corrected chi connectivity index (χ0v) is 12.8. The van der Waals surface area contributed by atoms with Crippen LogP contribution in [-0.4, -0.2) is 11.2 Å². The van der Waals surface area contributed by atoms with Crippen LogP contribution >= 0.6 is 0 Å². The van der Waals surface area contributed by atoms with Gasteiger partial charge < -0.3 is 19.6 Å². The van der Waals surface area contributed by atoms with Gasteiger partial charge in [-0.2, -0.15) is 0 Å². The molecule has 0 radical (unpaired) electrons. The molecule has 1 aromatic carbocycles. The molecule has 0 saturated heterocycles. The van der Waals surface area contributed by atoms with Gasteiger partial charge in [0.2, 0.25) is 0 Å². The fraction of sp³-hybridized carbons (Fsp3) is 0.412. The summed E-state index contributed by atoms with van der Waals surface area (Å²) in [5.41, 5.74) is 1.13. The van der Waals surface area contributed by atoms with Gasteiger partial charge in [0, 0.05) is 11.6 Å². The van der Waals surface area contributed by atoms with Gasteiger partial charge in [-0.3, -0.25) is 0 Å². The molecular formula is C17H23NO3. The molecule has 1 unspecified atom stereocenters. The SMILES string of the molecule is CC(C)Oc1ccccc1C(C)NCc1ccc(CO)o1. The molecule has 0 bridgehead atoms. The number of rotatable bonds is 7. The third-order valence-electron chi connectivity index (χ3n) is 3.20. The number of benzene rings is 1. The van der Waals surface area contributed by atoms with E-state index >= 15 is 0 Å². The Hall–Kier alpha value is -1.78. The Morgan fingerprint density at radius 1 is 1.10 bits per heavy atom. The molecule has 1 aromatic heterocycles. The van der Waals surface area contributed by atoms with Crippen LogP contribution in [-0.2, 0) is 13.2 Å². The lowest BCUT2D eigenvalue weighted by Gasteiger charge is -2.19. The molecule has 114 valence electrons. The van der Waals surface area contributed by atoms with Gasteiger partial charge in [-0.15, -0.1) is 0 Å². The summed E-state index contributed by atoms with van der Waals surface area (Å²) in [6, 6.07) is 11.9. The number of nitrogens with one attached hydrogen (secondary N) is 1. The summed E-state index contributed by atoms with van der Waals surface area (Å²) in [4.78, 5) is 0. The van der Waals surface area contributed by atoms with Crippen molar-refractivity contribution in [2.45, 2.75) is 46.1 Å². The minimum absolute atomic E-state index is 0.0688. The van der Waals surface area contributed by atoms with E-state index in [2.05, 4.69) is 18.3 Å². The fourth-order valence-corrected chi connectivity index (χ4v) is 2.17. The standard InChI is InChI=1S/C17H23NO3/c1-12(2)20-17-7-5-4-6-16(17)13(3)18-10-14-8-9-15(11-19)21-14/h4-9,12-13,18-19H,10-11H2,1-3H3. The second kappa shape index (κ2) is 7.29. The maximum atomic E-state index is 9.00. The Labute approximate surface area is 125 Å². The summed E-state index contributed by atoms with van der Waals surface area (Å²) in [5.74, 6) is 2.30. The van der Waals surface area contributed by atoms with E-state index in [1.54, 1.807) is 6.07 Å². The molecule has 21 heavy (non-hydrogen) atoms. The van der Waals surface area contributed by atoms with E-state index in [1.165, 1.54) is 0 Å². The van der Waals surface area contributed by atoms with Crippen molar-refractivity contribution in [3.8, 4) is 5.75 Å². The molecule has 4 heteroatoms. The van der Waals surface area contributed by atoms with E-state index < -0.39 is 0 Å². The Morgan fingerprint density at radius 3 is 2.48 bits per heavy atom. The van der Waals surface area contributed by atoms with Crippen molar-refractivity contribution in [3.63, 3.8) is 0 Å². The molecule has 0 saturated carbocycles. The van der Waals surface area contributed by atoms with Crippen molar-refractivity contribution in [1.29, 1.82) is 0 Å². The Balaban J connectivity index is 2.01. The van der Waals surface area contributed by atoms with Crippen molar-refractivity contribution in [2.75, 3.05) is 0 Å². The number of furan rings is 1. The molecule has 2 aromatic rings. The molecular weight excluding hydrogens is 266 g/mol. The third-order valence-corrected chi connectivity index (χ3v) is 3.20. The smallest absolute Gasteiger partial charge is 0.129 e. The summed E-state index contributed by atoms with van der Waals surface area (Å²) >= 11 is 0. The highest BCUT2D eigenvalue weighted by molar-refractivity contribution is 5.35. The van der Waals surface area contributed by atoms with Crippen LogP contribution in [0.5, 0.6) is 5.75 Å². The van der Waals surface area contributed by atoms with Crippen LogP contribution in [0, 0.1) is 0 Å². The molecule has 1 heterocycles. The zero-order chi connectivity index (χ0) is 15.2. The summed E-state index contributed by atoms with van der Waals surface area (Å²) in [6.45, 7) is 6.68. The van der Waals surface area contributed by atoms with Crippen molar-refractivity contribution in [2.24, 2.45) is 0 Å². The highest BCUT2D eigenvalue weighted by atomic mass is 16.5. The van der Waals surface area contributed by atoms with Gasteiger partial charge in [0.25, 0.3) is 0 Å². The van der Waals surface area contributed by atoms with Crippen molar-refractivity contribution < 1.29 is 14.3 Å². The molecule has 0 amide bonds. The molecule has 0 aliphatic heterocycles. The highest BCUT2D eigenvalue weighted by Gasteiger charge is 2.12. The van der Waals surface area contributed by atoms with Crippen molar-refractivity contribution in [1.82, 2.24) is 5.32 Å². The van der Waals surface area contributed by atoms with Crippen molar-refractivity contribution in [3.05, 3.63) is 53.5 Å². The Morgan fingerprint density at radius 2 is 1.81 bits per heavy atom. The second-order valence-electron chi connectivity index (χ2n) is 5.33. The zero-order valence-electron chi connectivity index (χ0n) is 12.8. The van der Waals surface area contributed by atoms with E-state index in [0.717, 1.165) is 17.1 Å².